The molecule has 4 N–H and O–H groups in total. The number of aliphatic hydroxyl groups is 1. The normalized spacial score (nSPS) is 12.8. The van der Waals surface area contributed by atoms with E-state index in [1.165, 1.54) is 0 Å². The number of rotatable bonds is 11. The van der Waals surface area contributed by atoms with Crippen molar-refractivity contribution in [3.05, 3.63) is 113 Å². The number of β-amino-alcohol motifs (C(OH)–C–C–N with tert-alkyl or cyclic N) is 1. The summed E-state index contributed by atoms with van der Waals surface area (Å²) in [5.41, 5.74) is 5.07. The van der Waals surface area contributed by atoms with Crippen LogP contribution in [0.1, 0.15) is 72.2 Å². The summed E-state index contributed by atoms with van der Waals surface area (Å²) in [4.78, 5) is 17.6. The Morgan fingerprint density at radius 2 is 1.63 bits per heavy atom. The standard InChI is InChI=1S/C34H42N4O3/c1-23-10-11-24(2)38(23)31-17-12-27(20-35-31)30(40)21-37-34(5,6)19-25-8-7-9-26(18-25)32(41)36-22-33(3,4)28-13-15-29(39)16-14-28/h7-18,20,30,37,39-40H,19,21-22H2,1-6H3,(H,36,41)/t30-/m0/s1. The zero-order chi connectivity index (χ0) is 29.8. The Kier molecular flexibility index (Phi) is 9.00. The number of benzene rings is 2. The molecule has 0 spiro atoms. The number of phenolic OH excluding ortho intramolecular Hbond substituents is 1. The fourth-order valence-corrected chi connectivity index (χ4v) is 5.06. The van der Waals surface area contributed by atoms with E-state index < -0.39 is 6.10 Å². The van der Waals surface area contributed by atoms with Gasteiger partial charge in [0, 0.05) is 52.8 Å². The predicted octanol–water partition coefficient (Wildman–Crippen LogP) is 5.55. The van der Waals surface area contributed by atoms with Crippen LogP contribution in [0.4, 0.5) is 0 Å². The molecule has 2 heterocycles. The molecule has 0 fully saturated rings. The lowest BCUT2D eigenvalue weighted by molar-refractivity contribution is 0.0945. The Balaban J connectivity index is 1.32. The molecule has 7 nitrogen and oxygen atoms in total. The predicted molar refractivity (Wildman–Crippen MR) is 164 cm³/mol. The number of amides is 1. The Morgan fingerprint density at radius 1 is 0.951 bits per heavy atom. The first-order valence-electron chi connectivity index (χ1n) is 14.1. The lowest BCUT2D eigenvalue weighted by Crippen LogP contribution is -2.43. The maximum Gasteiger partial charge on any atom is 0.251 e. The van der Waals surface area contributed by atoms with Gasteiger partial charge >= 0.3 is 0 Å². The van der Waals surface area contributed by atoms with Crippen LogP contribution in [0.3, 0.4) is 0 Å². The van der Waals surface area contributed by atoms with Crippen LogP contribution in [-0.4, -0.2) is 44.3 Å². The van der Waals surface area contributed by atoms with E-state index in [4.69, 9.17) is 0 Å². The Hall–Kier alpha value is -3.94. The number of aromatic nitrogens is 2. The molecule has 0 unspecified atom stereocenters. The van der Waals surface area contributed by atoms with Crippen LogP contribution >= 0.6 is 0 Å². The number of pyridine rings is 1. The second-order valence-corrected chi connectivity index (χ2v) is 12.2. The summed E-state index contributed by atoms with van der Waals surface area (Å²) in [7, 11) is 0. The van der Waals surface area contributed by atoms with E-state index in [9.17, 15) is 15.0 Å². The summed E-state index contributed by atoms with van der Waals surface area (Å²) < 4.78 is 2.09. The van der Waals surface area contributed by atoms with Gasteiger partial charge in [-0.15, -0.1) is 0 Å². The van der Waals surface area contributed by atoms with Gasteiger partial charge < -0.3 is 25.4 Å². The highest BCUT2D eigenvalue weighted by atomic mass is 16.3. The van der Waals surface area contributed by atoms with Gasteiger partial charge in [-0.2, -0.15) is 0 Å². The lowest BCUT2D eigenvalue weighted by Gasteiger charge is -2.28. The van der Waals surface area contributed by atoms with Crippen LogP contribution in [0.5, 0.6) is 5.75 Å². The zero-order valence-corrected chi connectivity index (χ0v) is 24.9. The van der Waals surface area contributed by atoms with E-state index in [0.717, 1.165) is 33.9 Å². The molecular weight excluding hydrogens is 512 g/mol. The molecule has 7 heteroatoms. The van der Waals surface area contributed by atoms with Crippen molar-refractivity contribution in [2.75, 3.05) is 13.1 Å². The third kappa shape index (κ3) is 7.63. The number of nitrogens with zero attached hydrogens (tertiary/aromatic N) is 2. The van der Waals surface area contributed by atoms with Gasteiger partial charge in [-0.25, -0.2) is 4.98 Å². The van der Waals surface area contributed by atoms with Crippen LogP contribution in [0.15, 0.2) is 79.0 Å². The summed E-state index contributed by atoms with van der Waals surface area (Å²) in [5, 5.41) is 27.0. The first-order chi connectivity index (χ1) is 19.3. The molecule has 1 amide bonds. The lowest BCUT2D eigenvalue weighted by atomic mass is 9.84. The van der Waals surface area contributed by atoms with Crippen molar-refractivity contribution in [3.63, 3.8) is 0 Å². The molecule has 4 rings (SSSR count). The second-order valence-electron chi connectivity index (χ2n) is 12.2. The highest BCUT2D eigenvalue weighted by molar-refractivity contribution is 5.94. The van der Waals surface area contributed by atoms with Gasteiger partial charge in [0.05, 0.1) is 6.10 Å². The molecule has 0 bridgehead atoms. The molecule has 0 aliphatic rings. The van der Waals surface area contributed by atoms with Crippen LogP contribution in [0.25, 0.3) is 5.82 Å². The third-order valence-corrected chi connectivity index (χ3v) is 7.60. The molecule has 0 saturated carbocycles. The molecule has 1 atom stereocenters. The van der Waals surface area contributed by atoms with Crippen molar-refractivity contribution in [1.82, 2.24) is 20.2 Å². The van der Waals surface area contributed by atoms with Crippen LogP contribution < -0.4 is 10.6 Å². The van der Waals surface area contributed by atoms with Crippen molar-refractivity contribution in [1.29, 1.82) is 0 Å². The van der Waals surface area contributed by atoms with Crippen LogP contribution in [0, 0.1) is 13.8 Å². The largest absolute Gasteiger partial charge is 0.508 e. The topological polar surface area (TPSA) is 99.4 Å². The fraction of sp³-hybridized carbons (Fsp3) is 0.353. The highest BCUT2D eigenvalue weighted by Gasteiger charge is 2.23. The fourth-order valence-electron chi connectivity index (χ4n) is 5.06. The summed E-state index contributed by atoms with van der Waals surface area (Å²) >= 11 is 0. The van der Waals surface area contributed by atoms with Gasteiger partial charge in [0.1, 0.15) is 11.6 Å². The van der Waals surface area contributed by atoms with Crippen molar-refractivity contribution in [3.8, 4) is 11.6 Å². The molecule has 0 aliphatic heterocycles. The first-order valence-corrected chi connectivity index (χ1v) is 14.1. The van der Waals surface area contributed by atoms with Crippen LogP contribution in [0.2, 0.25) is 0 Å². The van der Waals surface area contributed by atoms with E-state index in [0.29, 0.717) is 25.1 Å². The zero-order valence-electron chi connectivity index (χ0n) is 24.9. The number of nitrogens with one attached hydrogen (secondary N) is 2. The van der Waals surface area contributed by atoms with E-state index in [2.05, 4.69) is 60.0 Å². The van der Waals surface area contributed by atoms with Crippen molar-refractivity contribution in [2.45, 2.75) is 65.0 Å². The number of phenols is 1. The summed E-state index contributed by atoms with van der Waals surface area (Å²) in [6.07, 6.45) is 1.72. The summed E-state index contributed by atoms with van der Waals surface area (Å²) in [6.45, 7) is 13.2. The van der Waals surface area contributed by atoms with Gasteiger partial charge in [0.25, 0.3) is 5.91 Å². The van der Waals surface area contributed by atoms with Gasteiger partial charge in [-0.1, -0.05) is 44.2 Å². The minimum absolute atomic E-state index is 0.124. The SMILES string of the molecule is Cc1ccc(C)n1-c1ccc([C@@H](O)CNC(C)(C)Cc2cccc(C(=O)NCC(C)(C)c3ccc(O)cc3)c2)cn1. The van der Waals surface area contributed by atoms with Gasteiger partial charge in [-0.3, -0.25) is 4.79 Å². The first kappa shape index (κ1) is 30.0. The van der Waals surface area contributed by atoms with E-state index in [1.807, 2.05) is 62.4 Å². The number of aliphatic hydroxyl groups excluding tert-OH is 1. The summed E-state index contributed by atoms with van der Waals surface area (Å²) in [5.74, 6) is 0.935. The van der Waals surface area contributed by atoms with E-state index >= 15 is 0 Å². The monoisotopic (exact) mass is 554 g/mol. The summed E-state index contributed by atoms with van der Waals surface area (Å²) in [6, 6.07) is 22.7. The third-order valence-electron chi connectivity index (χ3n) is 7.60. The molecular formula is C34H42N4O3. The number of hydrogen-bond donors (Lipinski definition) is 4. The molecule has 0 aliphatic carbocycles. The number of hydrogen-bond acceptors (Lipinski definition) is 5. The molecule has 4 aromatic rings. The van der Waals surface area contributed by atoms with Gasteiger partial charge in [0.2, 0.25) is 0 Å². The molecule has 2 aromatic carbocycles. The molecule has 41 heavy (non-hydrogen) atoms. The van der Waals surface area contributed by atoms with E-state index in [1.54, 1.807) is 18.3 Å². The average molecular weight is 555 g/mol. The highest BCUT2D eigenvalue weighted by Crippen LogP contribution is 2.25. The smallest absolute Gasteiger partial charge is 0.251 e. The van der Waals surface area contributed by atoms with Gasteiger partial charge in [0.15, 0.2) is 0 Å². The maximum atomic E-state index is 13.0. The average Bonchev–Trinajstić information content (AvgIpc) is 3.28. The Bertz CT molecular complexity index is 1450. The molecule has 2 aromatic heterocycles. The van der Waals surface area contributed by atoms with E-state index in [-0.39, 0.29) is 22.6 Å². The van der Waals surface area contributed by atoms with Crippen LogP contribution in [-0.2, 0) is 11.8 Å². The minimum atomic E-state index is -0.697. The second kappa shape index (κ2) is 12.3. The Morgan fingerprint density at radius 3 is 2.27 bits per heavy atom. The maximum absolute atomic E-state index is 13.0. The molecule has 216 valence electrons. The molecule has 0 radical (unpaired) electrons. The molecule has 0 saturated heterocycles. The number of aromatic hydroxyl groups is 1. The Labute approximate surface area is 243 Å². The van der Waals surface area contributed by atoms with Crippen molar-refractivity contribution < 1.29 is 15.0 Å². The number of aryl methyl sites for hydroxylation is 2. The number of carbonyl (C=O) groups is 1. The minimum Gasteiger partial charge on any atom is -0.508 e. The quantitative estimate of drug-likeness (QED) is 0.195. The number of carbonyl (C=O) groups excluding carboxylic acids is 1. The van der Waals surface area contributed by atoms with Crippen molar-refractivity contribution >= 4 is 5.91 Å². The van der Waals surface area contributed by atoms with Gasteiger partial charge in [-0.05, 0) is 87.7 Å². The van der Waals surface area contributed by atoms with Crippen molar-refractivity contribution in [2.24, 2.45) is 0 Å².